The second-order valence-electron chi connectivity index (χ2n) is 3.63. The molecule has 0 aromatic heterocycles. The molecule has 0 amide bonds. The van der Waals surface area contributed by atoms with E-state index in [2.05, 4.69) is 44.2 Å². The van der Waals surface area contributed by atoms with Gasteiger partial charge in [-0.25, -0.2) is 0 Å². The van der Waals surface area contributed by atoms with Crippen molar-refractivity contribution in [1.29, 1.82) is 0 Å². The van der Waals surface area contributed by atoms with E-state index >= 15 is 0 Å². The summed E-state index contributed by atoms with van der Waals surface area (Å²) in [5, 5.41) is 0. The van der Waals surface area contributed by atoms with Gasteiger partial charge in [0.15, 0.2) is 0 Å². The van der Waals surface area contributed by atoms with Gasteiger partial charge in [-0.3, -0.25) is 0 Å². The van der Waals surface area contributed by atoms with Gasteiger partial charge < -0.3 is 0 Å². The highest BCUT2D eigenvalue weighted by atomic mass is 31.1. The van der Waals surface area contributed by atoms with Crippen LogP contribution in [0.15, 0.2) is 30.3 Å². The zero-order chi connectivity index (χ0) is 9.52. The van der Waals surface area contributed by atoms with Crippen LogP contribution in [-0.4, -0.2) is 6.16 Å². The smallest absolute Gasteiger partial charge is 0.0101 e. The van der Waals surface area contributed by atoms with Crippen LogP contribution >= 0.6 is 8.58 Å². The molecule has 0 nitrogen and oxygen atoms in total. The fourth-order valence-corrected chi connectivity index (χ4v) is 2.65. The molecule has 0 saturated heterocycles. The minimum Gasteiger partial charge on any atom is -0.117 e. The molecule has 1 aromatic rings. The van der Waals surface area contributed by atoms with E-state index in [0.717, 1.165) is 14.5 Å². The van der Waals surface area contributed by atoms with E-state index in [4.69, 9.17) is 0 Å². The zero-order valence-electron chi connectivity index (χ0n) is 8.59. The summed E-state index contributed by atoms with van der Waals surface area (Å²) in [4.78, 5) is 0. The van der Waals surface area contributed by atoms with Crippen LogP contribution in [0.3, 0.4) is 0 Å². The van der Waals surface area contributed by atoms with Crippen molar-refractivity contribution in [3.8, 4) is 0 Å². The minimum atomic E-state index is 0.905. The largest absolute Gasteiger partial charge is 0.117 e. The third-order valence-electron chi connectivity index (χ3n) is 2.36. The van der Waals surface area contributed by atoms with Crippen LogP contribution in [0, 0.1) is 5.92 Å². The third-order valence-corrected chi connectivity index (χ3v) is 4.01. The van der Waals surface area contributed by atoms with Crippen LogP contribution in [0.2, 0.25) is 0 Å². The molecule has 2 unspecified atom stereocenters. The van der Waals surface area contributed by atoms with Gasteiger partial charge in [-0.2, -0.15) is 0 Å². The summed E-state index contributed by atoms with van der Waals surface area (Å²) in [6.45, 7) is 4.62. The Morgan fingerprint density at radius 3 is 2.54 bits per heavy atom. The van der Waals surface area contributed by atoms with E-state index in [1.165, 1.54) is 24.3 Å². The maximum absolute atomic E-state index is 2.35. The number of hydrogen-bond donors (Lipinski definition) is 0. The molecule has 1 heteroatoms. The first-order valence-corrected chi connectivity index (χ1v) is 6.49. The van der Waals surface area contributed by atoms with Crippen molar-refractivity contribution < 1.29 is 0 Å². The monoisotopic (exact) mass is 194 g/mol. The van der Waals surface area contributed by atoms with Crippen molar-refractivity contribution in [2.45, 2.75) is 26.4 Å². The molecular formula is C12H19P. The Labute approximate surface area is 83.5 Å². The maximum atomic E-state index is 2.35. The fraction of sp³-hybridized carbons (Fsp3) is 0.500. The maximum Gasteiger partial charge on any atom is -0.0101 e. The Balaban J connectivity index is 2.20. The number of hydrogen-bond acceptors (Lipinski definition) is 0. The van der Waals surface area contributed by atoms with Crippen molar-refractivity contribution >= 4 is 8.58 Å². The second-order valence-corrected chi connectivity index (χ2v) is 4.89. The highest BCUT2D eigenvalue weighted by Crippen LogP contribution is 2.22. The molecular weight excluding hydrogens is 175 g/mol. The SMILES string of the molecule is CCC(C)CPCc1ccccc1. The standard InChI is InChI=1S/C12H19P/c1-3-11(2)9-13-10-12-7-5-4-6-8-12/h4-8,11,13H,3,9-10H2,1-2H3. The molecule has 2 atom stereocenters. The van der Waals surface area contributed by atoms with E-state index in [1.807, 2.05) is 0 Å². The van der Waals surface area contributed by atoms with Crippen LogP contribution in [0.5, 0.6) is 0 Å². The van der Waals surface area contributed by atoms with Crippen molar-refractivity contribution in [3.63, 3.8) is 0 Å². The van der Waals surface area contributed by atoms with Crippen LogP contribution < -0.4 is 0 Å². The zero-order valence-corrected chi connectivity index (χ0v) is 9.59. The second kappa shape index (κ2) is 6.16. The third kappa shape index (κ3) is 4.43. The number of benzene rings is 1. The molecule has 0 saturated carbocycles. The van der Waals surface area contributed by atoms with E-state index in [1.54, 1.807) is 0 Å². The average Bonchev–Trinajstić information content (AvgIpc) is 2.19. The summed E-state index contributed by atoms with van der Waals surface area (Å²) in [6.07, 6.45) is 3.98. The molecule has 13 heavy (non-hydrogen) atoms. The molecule has 0 heterocycles. The predicted molar refractivity (Wildman–Crippen MR) is 62.8 cm³/mol. The Morgan fingerprint density at radius 1 is 1.23 bits per heavy atom. The molecule has 0 aliphatic heterocycles. The molecule has 0 bridgehead atoms. The minimum absolute atomic E-state index is 0.905. The van der Waals surface area contributed by atoms with Crippen LogP contribution in [0.1, 0.15) is 25.8 Å². The van der Waals surface area contributed by atoms with Gasteiger partial charge in [-0.05, 0) is 23.8 Å². The summed E-state index contributed by atoms with van der Waals surface area (Å²) in [5.74, 6) is 0.905. The quantitative estimate of drug-likeness (QED) is 0.623. The van der Waals surface area contributed by atoms with Gasteiger partial charge in [0.2, 0.25) is 0 Å². The van der Waals surface area contributed by atoms with Gasteiger partial charge in [-0.1, -0.05) is 50.6 Å². The molecule has 0 spiro atoms. The van der Waals surface area contributed by atoms with Gasteiger partial charge in [0, 0.05) is 0 Å². The normalized spacial score (nSPS) is 13.7. The Morgan fingerprint density at radius 2 is 1.92 bits per heavy atom. The first-order valence-electron chi connectivity index (χ1n) is 5.07. The van der Waals surface area contributed by atoms with Crippen LogP contribution in [-0.2, 0) is 6.16 Å². The van der Waals surface area contributed by atoms with Gasteiger partial charge in [-0.15, -0.1) is 8.58 Å². The molecule has 1 rings (SSSR count). The lowest BCUT2D eigenvalue weighted by atomic mass is 10.2. The lowest BCUT2D eigenvalue weighted by Gasteiger charge is -2.07. The lowest BCUT2D eigenvalue weighted by molar-refractivity contribution is 0.634. The number of rotatable bonds is 5. The van der Waals surface area contributed by atoms with Crippen molar-refractivity contribution in [3.05, 3.63) is 35.9 Å². The predicted octanol–water partition coefficient (Wildman–Crippen LogP) is 3.91. The van der Waals surface area contributed by atoms with E-state index in [0.29, 0.717) is 0 Å². The molecule has 72 valence electrons. The lowest BCUT2D eigenvalue weighted by Crippen LogP contribution is -1.94. The van der Waals surface area contributed by atoms with Crippen LogP contribution in [0.4, 0.5) is 0 Å². The van der Waals surface area contributed by atoms with Gasteiger partial charge >= 0.3 is 0 Å². The summed E-state index contributed by atoms with van der Waals surface area (Å²) in [6, 6.07) is 10.8. The first-order chi connectivity index (χ1) is 6.33. The summed E-state index contributed by atoms with van der Waals surface area (Å²) < 4.78 is 0. The molecule has 0 fully saturated rings. The van der Waals surface area contributed by atoms with Gasteiger partial charge in [0.1, 0.15) is 0 Å². The highest BCUT2D eigenvalue weighted by molar-refractivity contribution is 7.37. The summed E-state index contributed by atoms with van der Waals surface area (Å²) in [7, 11) is 1.10. The molecule has 0 aliphatic carbocycles. The van der Waals surface area contributed by atoms with Crippen molar-refractivity contribution in [2.24, 2.45) is 5.92 Å². The fourth-order valence-electron chi connectivity index (χ4n) is 1.20. The van der Waals surface area contributed by atoms with E-state index < -0.39 is 0 Å². The molecule has 1 aromatic carbocycles. The van der Waals surface area contributed by atoms with E-state index in [9.17, 15) is 0 Å². The summed E-state index contributed by atoms with van der Waals surface area (Å²) >= 11 is 0. The van der Waals surface area contributed by atoms with Gasteiger partial charge in [0.05, 0.1) is 0 Å². The Kier molecular flexibility index (Phi) is 5.08. The van der Waals surface area contributed by atoms with Crippen LogP contribution in [0.25, 0.3) is 0 Å². The summed E-state index contributed by atoms with van der Waals surface area (Å²) in [5.41, 5.74) is 1.49. The highest BCUT2D eigenvalue weighted by Gasteiger charge is 1.98. The average molecular weight is 194 g/mol. The molecule has 0 aliphatic rings. The van der Waals surface area contributed by atoms with Crippen molar-refractivity contribution in [1.82, 2.24) is 0 Å². The van der Waals surface area contributed by atoms with Gasteiger partial charge in [0.25, 0.3) is 0 Å². The van der Waals surface area contributed by atoms with E-state index in [-0.39, 0.29) is 0 Å². The first kappa shape index (κ1) is 10.7. The molecule has 0 radical (unpaired) electrons. The van der Waals surface area contributed by atoms with Crippen molar-refractivity contribution in [2.75, 3.05) is 6.16 Å². The Hall–Kier alpha value is -0.350. The topological polar surface area (TPSA) is 0 Å². The molecule has 0 N–H and O–H groups in total. The Bertz CT molecular complexity index is 218.